The predicted molar refractivity (Wildman–Crippen MR) is 123 cm³/mol. The number of allylic oxidation sites excluding steroid dienone is 1. The van der Waals surface area contributed by atoms with Crippen molar-refractivity contribution in [3.63, 3.8) is 0 Å². The molecule has 0 saturated carbocycles. The molecule has 2 amide bonds. The zero-order valence-electron chi connectivity index (χ0n) is 17.0. The van der Waals surface area contributed by atoms with Crippen molar-refractivity contribution in [1.29, 1.82) is 0 Å². The van der Waals surface area contributed by atoms with E-state index in [1.807, 2.05) is 0 Å². The van der Waals surface area contributed by atoms with Crippen LogP contribution in [-0.4, -0.2) is 33.3 Å². The van der Waals surface area contributed by atoms with E-state index < -0.39 is 26.9 Å². The maximum Gasteiger partial charge on any atom is 0.309 e. The van der Waals surface area contributed by atoms with Gasteiger partial charge in [0.25, 0.3) is 0 Å². The number of hydrogen-bond acceptors (Lipinski definition) is 5. The van der Waals surface area contributed by atoms with Gasteiger partial charge in [-0.2, -0.15) is 0 Å². The third-order valence-corrected chi connectivity index (χ3v) is 8.63. The minimum Gasteiger partial charge on any atom is -0.348 e. The number of rotatable bonds is 8. The highest BCUT2D eigenvalue weighted by Gasteiger charge is 2.31. The molecule has 6 nitrogen and oxygen atoms in total. The normalized spacial score (nSPS) is 15.1. The summed E-state index contributed by atoms with van der Waals surface area (Å²) in [5.41, 5.74) is 1.30. The molecule has 2 aromatic rings. The van der Waals surface area contributed by atoms with Crippen LogP contribution in [0.15, 0.2) is 58.3 Å². The van der Waals surface area contributed by atoms with Crippen LogP contribution in [0.1, 0.15) is 42.2 Å². The SMILES string of the molecule is O=C(NCCC1=CCCCC1)C(=O)NC[C@H](c1cccs1)S(=O)(=O)c1ccc(Cl)cc1. The van der Waals surface area contributed by atoms with Crippen molar-refractivity contribution in [1.82, 2.24) is 10.6 Å². The third-order valence-electron chi connectivity index (χ3n) is 5.15. The summed E-state index contributed by atoms with van der Waals surface area (Å²) in [6.07, 6.45) is 7.38. The first-order valence-electron chi connectivity index (χ1n) is 10.1. The Hall–Kier alpha value is -2.16. The van der Waals surface area contributed by atoms with Crippen molar-refractivity contribution in [2.45, 2.75) is 42.2 Å². The van der Waals surface area contributed by atoms with E-state index in [2.05, 4.69) is 16.7 Å². The third kappa shape index (κ3) is 6.41. The van der Waals surface area contributed by atoms with Crippen molar-refractivity contribution < 1.29 is 18.0 Å². The summed E-state index contributed by atoms with van der Waals surface area (Å²) in [5.74, 6) is -1.60. The van der Waals surface area contributed by atoms with E-state index in [1.165, 1.54) is 47.6 Å². The van der Waals surface area contributed by atoms with Crippen molar-refractivity contribution in [3.05, 3.63) is 63.3 Å². The molecule has 3 rings (SSSR count). The largest absolute Gasteiger partial charge is 0.348 e. The van der Waals surface area contributed by atoms with Crippen LogP contribution < -0.4 is 10.6 Å². The van der Waals surface area contributed by atoms with Gasteiger partial charge in [0.2, 0.25) is 0 Å². The van der Waals surface area contributed by atoms with E-state index >= 15 is 0 Å². The molecular weight excluding hydrogens is 456 g/mol. The van der Waals surface area contributed by atoms with Crippen LogP contribution in [0.2, 0.25) is 5.02 Å². The second-order valence-electron chi connectivity index (χ2n) is 7.33. The fourth-order valence-corrected chi connectivity index (χ4v) is 6.35. The molecule has 9 heteroatoms. The maximum atomic E-state index is 13.2. The molecule has 0 bridgehead atoms. The molecule has 1 aromatic heterocycles. The molecule has 0 saturated heterocycles. The van der Waals surface area contributed by atoms with Gasteiger partial charge < -0.3 is 10.6 Å². The fourth-order valence-electron chi connectivity index (χ4n) is 3.44. The van der Waals surface area contributed by atoms with Crippen LogP contribution in [-0.2, 0) is 19.4 Å². The minimum atomic E-state index is -3.80. The predicted octanol–water partition coefficient (Wildman–Crippen LogP) is 4.04. The molecule has 1 atom stereocenters. The Morgan fingerprint density at radius 2 is 1.81 bits per heavy atom. The molecule has 0 unspecified atom stereocenters. The lowest BCUT2D eigenvalue weighted by molar-refractivity contribution is -0.139. The van der Waals surface area contributed by atoms with Gasteiger partial charge in [-0.15, -0.1) is 11.3 Å². The molecule has 0 aliphatic heterocycles. The molecular formula is C22H25ClN2O4S2. The van der Waals surface area contributed by atoms with Crippen LogP contribution in [0.5, 0.6) is 0 Å². The average Bonchev–Trinajstić information content (AvgIpc) is 3.29. The first-order chi connectivity index (χ1) is 14.9. The number of sulfone groups is 1. The lowest BCUT2D eigenvalue weighted by atomic mass is 9.97. The molecule has 31 heavy (non-hydrogen) atoms. The Labute approximate surface area is 191 Å². The Balaban J connectivity index is 1.61. The lowest BCUT2D eigenvalue weighted by Crippen LogP contribution is -2.42. The summed E-state index contributed by atoms with van der Waals surface area (Å²) in [7, 11) is -3.80. The van der Waals surface area contributed by atoms with Gasteiger partial charge >= 0.3 is 11.8 Å². The minimum absolute atomic E-state index is 0.106. The van der Waals surface area contributed by atoms with Gasteiger partial charge in [0.05, 0.1) is 4.90 Å². The molecule has 0 radical (unpaired) electrons. The Bertz CT molecular complexity index is 1030. The molecule has 0 spiro atoms. The van der Waals surface area contributed by atoms with Crippen LogP contribution in [0, 0.1) is 0 Å². The Morgan fingerprint density at radius 1 is 1.06 bits per heavy atom. The van der Waals surface area contributed by atoms with E-state index in [-0.39, 0.29) is 11.4 Å². The quantitative estimate of drug-likeness (QED) is 0.440. The fraction of sp³-hybridized carbons (Fsp3) is 0.364. The van der Waals surface area contributed by atoms with Crippen LogP contribution in [0.4, 0.5) is 0 Å². The molecule has 1 aromatic carbocycles. The topological polar surface area (TPSA) is 92.3 Å². The number of carbonyl (C=O) groups excluding carboxylic acids is 2. The lowest BCUT2D eigenvalue weighted by Gasteiger charge is -2.17. The van der Waals surface area contributed by atoms with Gasteiger partial charge in [-0.1, -0.05) is 29.3 Å². The first kappa shape index (κ1) is 23.5. The highest BCUT2D eigenvalue weighted by Crippen LogP contribution is 2.31. The standard InChI is InChI=1S/C22H25ClN2O4S2/c23-17-8-10-18(11-9-17)31(28,29)20(19-7-4-14-30-19)15-25-22(27)21(26)24-13-12-16-5-2-1-3-6-16/h4-5,7-11,14,20H,1-3,6,12-13,15H2,(H,24,26)(H,25,27)/t20-/m1/s1. The smallest absolute Gasteiger partial charge is 0.309 e. The molecule has 166 valence electrons. The van der Waals surface area contributed by atoms with Gasteiger partial charge in [0, 0.05) is 23.0 Å². The summed E-state index contributed by atoms with van der Waals surface area (Å²) in [6, 6.07) is 9.34. The zero-order chi connectivity index (χ0) is 22.3. The van der Waals surface area contributed by atoms with Crippen molar-refractivity contribution >= 4 is 44.6 Å². The van der Waals surface area contributed by atoms with Crippen molar-refractivity contribution in [3.8, 4) is 0 Å². The van der Waals surface area contributed by atoms with E-state index in [1.54, 1.807) is 17.5 Å². The number of amides is 2. The summed E-state index contributed by atoms with van der Waals surface area (Å²) in [5, 5.41) is 6.30. The van der Waals surface area contributed by atoms with Crippen molar-refractivity contribution in [2.24, 2.45) is 0 Å². The van der Waals surface area contributed by atoms with Crippen LogP contribution >= 0.6 is 22.9 Å². The van der Waals surface area contributed by atoms with E-state index in [0.717, 1.165) is 25.7 Å². The van der Waals surface area contributed by atoms with E-state index in [0.29, 0.717) is 16.4 Å². The number of carbonyl (C=O) groups is 2. The second-order valence-corrected chi connectivity index (χ2v) is 10.9. The van der Waals surface area contributed by atoms with Gasteiger partial charge in [0.15, 0.2) is 9.84 Å². The van der Waals surface area contributed by atoms with Crippen LogP contribution in [0.25, 0.3) is 0 Å². The number of benzene rings is 1. The number of hydrogen-bond donors (Lipinski definition) is 2. The Kier molecular flexibility index (Phi) is 8.28. The molecule has 1 heterocycles. The summed E-state index contributed by atoms with van der Waals surface area (Å²) in [6.45, 7) is 0.179. The zero-order valence-corrected chi connectivity index (χ0v) is 19.4. The Morgan fingerprint density at radius 3 is 2.45 bits per heavy atom. The van der Waals surface area contributed by atoms with Crippen molar-refractivity contribution in [2.75, 3.05) is 13.1 Å². The van der Waals surface area contributed by atoms with E-state index in [9.17, 15) is 18.0 Å². The number of halogens is 1. The average molecular weight is 481 g/mol. The highest BCUT2D eigenvalue weighted by molar-refractivity contribution is 7.91. The molecule has 1 aliphatic rings. The van der Waals surface area contributed by atoms with Gasteiger partial charge in [0.1, 0.15) is 5.25 Å². The second kappa shape index (κ2) is 10.9. The van der Waals surface area contributed by atoms with Gasteiger partial charge in [-0.05, 0) is 67.8 Å². The molecule has 1 aliphatic carbocycles. The first-order valence-corrected chi connectivity index (χ1v) is 12.9. The molecule has 0 fully saturated rings. The van der Waals surface area contributed by atoms with E-state index in [4.69, 9.17) is 11.6 Å². The van der Waals surface area contributed by atoms with Gasteiger partial charge in [-0.25, -0.2) is 8.42 Å². The van der Waals surface area contributed by atoms with Gasteiger partial charge in [-0.3, -0.25) is 9.59 Å². The molecule has 2 N–H and O–H groups in total. The summed E-state index contributed by atoms with van der Waals surface area (Å²) < 4.78 is 26.4. The highest BCUT2D eigenvalue weighted by atomic mass is 35.5. The summed E-state index contributed by atoms with van der Waals surface area (Å²) in [4.78, 5) is 25.1. The summed E-state index contributed by atoms with van der Waals surface area (Å²) >= 11 is 7.15. The maximum absolute atomic E-state index is 13.2. The van der Waals surface area contributed by atoms with Crippen LogP contribution in [0.3, 0.4) is 0 Å². The number of nitrogens with one attached hydrogen (secondary N) is 2. The number of thiophene rings is 1. The monoisotopic (exact) mass is 480 g/mol.